The molecule has 0 amide bonds. The predicted octanol–water partition coefficient (Wildman–Crippen LogP) is 3.93. The van der Waals surface area contributed by atoms with Crippen molar-refractivity contribution >= 4 is 0 Å². The first kappa shape index (κ1) is 14.3. The van der Waals surface area contributed by atoms with E-state index < -0.39 is 0 Å². The van der Waals surface area contributed by atoms with Gasteiger partial charge >= 0.3 is 0 Å². The van der Waals surface area contributed by atoms with Crippen molar-refractivity contribution in [3.8, 4) is 5.69 Å². The molecule has 1 atom stereocenters. The molecule has 0 spiro atoms. The zero-order valence-corrected chi connectivity index (χ0v) is 12.8. The van der Waals surface area contributed by atoms with Crippen LogP contribution in [0.4, 0.5) is 0 Å². The van der Waals surface area contributed by atoms with Crippen LogP contribution in [0.5, 0.6) is 0 Å². The van der Waals surface area contributed by atoms with Gasteiger partial charge in [-0.15, -0.1) is 0 Å². The summed E-state index contributed by atoms with van der Waals surface area (Å²) >= 11 is 0. The van der Waals surface area contributed by atoms with E-state index in [-0.39, 0.29) is 0 Å². The largest absolute Gasteiger partial charge is 0.308 e. The molecular formula is C18H25N3. The van der Waals surface area contributed by atoms with Gasteiger partial charge < -0.3 is 5.32 Å². The number of hydrogen-bond donors (Lipinski definition) is 1. The van der Waals surface area contributed by atoms with Gasteiger partial charge in [-0.1, -0.05) is 37.5 Å². The van der Waals surface area contributed by atoms with Gasteiger partial charge in [0.25, 0.3) is 0 Å². The van der Waals surface area contributed by atoms with Crippen LogP contribution in [0, 0.1) is 5.92 Å². The fourth-order valence-corrected chi connectivity index (χ4v) is 3.25. The summed E-state index contributed by atoms with van der Waals surface area (Å²) < 4.78 is 1.95. The van der Waals surface area contributed by atoms with Gasteiger partial charge in [0.1, 0.15) is 0 Å². The van der Waals surface area contributed by atoms with Gasteiger partial charge in [-0.3, -0.25) is 0 Å². The van der Waals surface area contributed by atoms with Crippen LogP contribution in [0.2, 0.25) is 0 Å². The lowest BCUT2D eigenvalue weighted by Crippen LogP contribution is -2.34. The van der Waals surface area contributed by atoms with Crippen molar-refractivity contribution in [3.05, 3.63) is 48.3 Å². The molecule has 1 N–H and O–H groups in total. The second-order valence-electron chi connectivity index (χ2n) is 6.15. The van der Waals surface area contributed by atoms with E-state index in [4.69, 9.17) is 0 Å². The summed E-state index contributed by atoms with van der Waals surface area (Å²) in [7, 11) is 0. The smallest absolute Gasteiger partial charge is 0.0766 e. The van der Waals surface area contributed by atoms with Crippen LogP contribution >= 0.6 is 0 Å². The highest BCUT2D eigenvalue weighted by atomic mass is 15.3. The van der Waals surface area contributed by atoms with E-state index >= 15 is 0 Å². The third kappa shape index (κ3) is 3.73. The van der Waals surface area contributed by atoms with Crippen LogP contribution in [0.1, 0.15) is 44.7 Å². The standard InChI is InChI=1S/C18H25N3/c1-15(16-8-4-2-5-9-16)19-14-17-12-13-21(20-17)18-10-6-3-7-11-18/h3,6-7,10-13,15-16,19H,2,4-5,8-9,14H2,1H3/t15-/m1/s1. The summed E-state index contributed by atoms with van der Waals surface area (Å²) in [5.41, 5.74) is 2.23. The van der Waals surface area contributed by atoms with Crippen LogP contribution in [0.25, 0.3) is 5.69 Å². The zero-order valence-electron chi connectivity index (χ0n) is 12.8. The van der Waals surface area contributed by atoms with Crippen molar-refractivity contribution in [1.82, 2.24) is 15.1 Å². The molecule has 0 unspecified atom stereocenters. The Morgan fingerprint density at radius 1 is 1.14 bits per heavy atom. The maximum absolute atomic E-state index is 4.65. The molecule has 1 aromatic carbocycles. The molecule has 1 aliphatic rings. The summed E-state index contributed by atoms with van der Waals surface area (Å²) in [6, 6.07) is 13.0. The van der Waals surface area contributed by atoms with Gasteiger partial charge in [0.2, 0.25) is 0 Å². The molecule has 0 bridgehead atoms. The lowest BCUT2D eigenvalue weighted by molar-refractivity contribution is 0.280. The van der Waals surface area contributed by atoms with Gasteiger partial charge in [0, 0.05) is 18.8 Å². The molecule has 1 aliphatic carbocycles. The highest BCUT2D eigenvalue weighted by Crippen LogP contribution is 2.26. The minimum Gasteiger partial charge on any atom is -0.308 e. The molecule has 1 saturated carbocycles. The maximum atomic E-state index is 4.65. The first-order valence-corrected chi connectivity index (χ1v) is 8.16. The number of nitrogens with one attached hydrogen (secondary N) is 1. The number of hydrogen-bond acceptors (Lipinski definition) is 2. The Bertz CT molecular complexity index is 541. The average molecular weight is 283 g/mol. The second-order valence-corrected chi connectivity index (χ2v) is 6.15. The van der Waals surface area contributed by atoms with Gasteiger partial charge in [0.05, 0.1) is 11.4 Å². The van der Waals surface area contributed by atoms with Gasteiger partial charge in [0.15, 0.2) is 0 Å². The highest BCUT2D eigenvalue weighted by molar-refractivity contribution is 5.30. The molecule has 0 saturated heterocycles. The fourth-order valence-electron chi connectivity index (χ4n) is 3.25. The van der Waals surface area contributed by atoms with Crippen LogP contribution in [0.3, 0.4) is 0 Å². The van der Waals surface area contributed by atoms with E-state index in [0.717, 1.165) is 23.8 Å². The molecule has 1 fully saturated rings. The third-order valence-corrected chi connectivity index (χ3v) is 4.63. The quantitative estimate of drug-likeness (QED) is 0.901. The molecule has 3 heteroatoms. The average Bonchev–Trinajstić information content (AvgIpc) is 3.03. The Morgan fingerprint density at radius 3 is 2.67 bits per heavy atom. The monoisotopic (exact) mass is 283 g/mol. The second kappa shape index (κ2) is 6.90. The predicted molar refractivity (Wildman–Crippen MR) is 86.4 cm³/mol. The van der Waals surface area contributed by atoms with Crippen LogP contribution in [-0.2, 0) is 6.54 Å². The van der Waals surface area contributed by atoms with E-state index in [1.165, 1.54) is 32.1 Å². The molecule has 0 aliphatic heterocycles. The van der Waals surface area contributed by atoms with Gasteiger partial charge in [-0.05, 0) is 43.9 Å². The van der Waals surface area contributed by atoms with E-state index in [0.29, 0.717) is 6.04 Å². The molecular weight excluding hydrogens is 258 g/mol. The Hall–Kier alpha value is -1.61. The minimum atomic E-state index is 0.590. The molecule has 3 rings (SSSR count). The third-order valence-electron chi connectivity index (χ3n) is 4.63. The first-order valence-electron chi connectivity index (χ1n) is 8.16. The number of benzene rings is 1. The minimum absolute atomic E-state index is 0.590. The van der Waals surface area contributed by atoms with Crippen LogP contribution in [-0.4, -0.2) is 15.8 Å². The molecule has 1 aromatic heterocycles. The highest BCUT2D eigenvalue weighted by Gasteiger charge is 2.19. The molecule has 21 heavy (non-hydrogen) atoms. The lowest BCUT2D eigenvalue weighted by atomic mass is 9.84. The number of nitrogens with zero attached hydrogens (tertiary/aromatic N) is 2. The van der Waals surface area contributed by atoms with E-state index in [9.17, 15) is 0 Å². The van der Waals surface area contributed by atoms with E-state index in [1.807, 2.05) is 29.1 Å². The maximum Gasteiger partial charge on any atom is 0.0766 e. The van der Waals surface area contributed by atoms with Crippen molar-refractivity contribution in [2.24, 2.45) is 5.92 Å². The van der Waals surface area contributed by atoms with Crippen molar-refractivity contribution in [2.75, 3.05) is 0 Å². The van der Waals surface area contributed by atoms with Crippen LogP contribution in [0.15, 0.2) is 42.6 Å². The van der Waals surface area contributed by atoms with Crippen LogP contribution < -0.4 is 5.32 Å². The number of rotatable bonds is 5. The summed E-state index contributed by atoms with van der Waals surface area (Å²) in [5.74, 6) is 0.843. The topological polar surface area (TPSA) is 29.9 Å². The number of aromatic nitrogens is 2. The Morgan fingerprint density at radius 2 is 1.90 bits per heavy atom. The Labute approximate surface area is 127 Å². The van der Waals surface area contributed by atoms with Crippen molar-refractivity contribution in [3.63, 3.8) is 0 Å². The summed E-state index contributed by atoms with van der Waals surface area (Å²) in [5, 5.41) is 8.31. The fraction of sp³-hybridized carbons (Fsp3) is 0.500. The molecule has 3 nitrogen and oxygen atoms in total. The summed E-state index contributed by atoms with van der Waals surface area (Å²) in [6.07, 6.45) is 9.03. The van der Waals surface area contributed by atoms with E-state index in [1.54, 1.807) is 0 Å². The lowest BCUT2D eigenvalue weighted by Gasteiger charge is -2.28. The summed E-state index contributed by atoms with van der Waals surface area (Å²) in [4.78, 5) is 0. The van der Waals surface area contributed by atoms with E-state index in [2.05, 4.69) is 35.5 Å². The van der Waals surface area contributed by atoms with Crippen molar-refractivity contribution in [2.45, 2.75) is 51.6 Å². The van der Waals surface area contributed by atoms with Crippen molar-refractivity contribution < 1.29 is 0 Å². The molecule has 1 heterocycles. The Kier molecular flexibility index (Phi) is 4.71. The summed E-state index contributed by atoms with van der Waals surface area (Å²) in [6.45, 7) is 3.18. The zero-order chi connectivity index (χ0) is 14.5. The normalized spacial score (nSPS) is 17.8. The van der Waals surface area contributed by atoms with Gasteiger partial charge in [-0.2, -0.15) is 5.10 Å². The van der Waals surface area contributed by atoms with Gasteiger partial charge in [-0.25, -0.2) is 4.68 Å². The number of para-hydroxylation sites is 1. The molecule has 0 radical (unpaired) electrons. The Balaban J connectivity index is 1.55. The molecule has 112 valence electrons. The SMILES string of the molecule is C[C@@H](NCc1ccn(-c2ccccc2)n1)C1CCCCC1. The molecule has 2 aromatic rings. The first-order chi connectivity index (χ1) is 10.3. The van der Waals surface area contributed by atoms with Crippen molar-refractivity contribution in [1.29, 1.82) is 0 Å².